The minimum absolute atomic E-state index is 0.0275. The summed E-state index contributed by atoms with van der Waals surface area (Å²) in [5.74, 6) is 0.821. The smallest absolute Gasteiger partial charge is 0.235 e. The molecule has 32 heavy (non-hydrogen) atoms. The third kappa shape index (κ3) is 4.74. The summed E-state index contributed by atoms with van der Waals surface area (Å²) >= 11 is 0. The second-order valence-electron chi connectivity index (χ2n) is 7.48. The summed E-state index contributed by atoms with van der Waals surface area (Å²) in [5, 5.41) is 11.0. The zero-order chi connectivity index (χ0) is 23.1. The lowest BCUT2D eigenvalue weighted by Crippen LogP contribution is -2.05. The van der Waals surface area contributed by atoms with Gasteiger partial charge in [0.15, 0.2) is 17.3 Å². The second kappa shape index (κ2) is 10.8. The van der Waals surface area contributed by atoms with Gasteiger partial charge in [0.1, 0.15) is 11.3 Å². The van der Waals surface area contributed by atoms with Gasteiger partial charge in [-0.2, -0.15) is 0 Å². The van der Waals surface area contributed by atoms with Gasteiger partial charge in [-0.3, -0.25) is 4.79 Å². The third-order valence-electron chi connectivity index (χ3n) is 5.40. The highest BCUT2D eigenvalue weighted by atomic mass is 16.5. The van der Waals surface area contributed by atoms with Crippen molar-refractivity contribution in [1.29, 1.82) is 0 Å². The number of para-hydroxylation sites is 1. The number of benzene rings is 2. The molecule has 170 valence electrons. The molecule has 2 aromatic carbocycles. The molecule has 0 aliphatic rings. The van der Waals surface area contributed by atoms with E-state index in [1.165, 1.54) is 34.2 Å². The van der Waals surface area contributed by atoms with Gasteiger partial charge in [-0.25, -0.2) is 0 Å². The molecule has 0 bridgehead atoms. The predicted octanol–water partition coefficient (Wildman–Crippen LogP) is 5.87. The van der Waals surface area contributed by atoms with Gasteiger partial charge in [0, 0.05) is 6.07 Å². The van der Waals surface area contributed by atoms with Crippen LogP contribution in [0.1, 0.15) is 38.2 Å². The highest BCUT2D eigenvalue weighted by Crippen LogP contribution is 2.43. The Bertz CT molecular complexity index is 1160. The van der Waals surface area contributed by atoms with Gasteiger partial charge in [-0.15, -0.1) is 0 Å². The van der Waals surface area contributed by atoms with Crippen molar-refractivity contribution in [2.45, 2.75) is 39.0 Å². The molecule has 6 nitrogen and oxygen atoms in total. The van der Waals surface area contributed by atoms with Gasteiger partial charge in [0.05, 0.1) is 32.3 Å². The number of rotatable bonds is 10. The number of hydrogen-bond acceptors (Lipinski definition) is 6. The van der Waals surface area contributed by atoms with Crippen molar-refractivity contribution in [3.05, 3.63) is 58.3 Å². The Hall–Kier alpha value is -3.41. The van der Waals surface area contributed by atoms with Crippen LogP contribution in [0, 0.1) is 0 Å². The van der Waals surface area contributed by atoms with Crippen molar-refractivity contribution in [3.63, 3.8) is 0 Å². The van der Waals surface area contributed by atoms with Crippen LogP contribution in [0.3, 0.4) is 0 Å². The second-order valence-corrected chi connectivity index (χ2v) is 7.48. The quantitative estimate of drug-likeness (QED) is 0.315. The molecule has 3 aromatic rings. The largest absolute Gasteiger partial charge is 0.502 e. The fourth-order valence-electron chi connectivity index (χ4n) is 3.66. The molecule has 0 atom stereocenters. The molecule has 3 rings (SSSR count). The fourth-order valence-corrected chi connectivity index (χ4v) is 3.66. The molecule has 0 unspecified atom stereocenters. The molecule has 6 heteroatoms. The molecule has 0 aliphatic carbocycles. The SMILES string of the molecule is CCCCCC=CCc1cccc2c(=O)c(O)c(-c3cc(OC)c(OC)cc3OC)oc12. The molecule has 0 amide bonds. The topological polar surface area (TPSA) is 78.1 Å². The van der Waals surface area contributed by atoms with E-state index in [9.17, 15) is 9.90 Å². The van der Waals surface area contributed by atoms with E-state index < -0.39 is 11.2 Å². The summed E-state index contributed by atoms with van der Waals surface area (Å²) in [6, 6.07) is 8.63. The van der Waals surface area contributed by atoms with Crippen molar-refractivity contribution in [3.8, 4) is 34.3 Å². The van der Waals surface area contributed by atoms with Gasteiger partial charge < -0.3 is 23.7 Å². The Morgan fingerprint density at radius 1 is 0.969 bits per heavy atom. The van der Waals surface area contributed by atoms with Crippen LogP contribution in [-0.4, -0.2) is 26.4 Å². The molecule has 0 fully saturated rings. The number of fused-ring (bicyclic) bond motifs is 1. The van der Waals surface area contributed by atoms with Crippen molar-refractivity contribution in [2.75, 3.05) is 21.3 Å². The van der Waals surface area contributed by atoms with Gasteiger partial charge in [0.2, 0.25) is 11.2 Å². The highest BCUT2D eigenvalue weighted by Gasteiger charge is 2.22. The number of unbranched alkanes of at least 4 members (excludes halogenated alkanes) is 3. The van der Waals surface area contributed by atoms with Gasteiger partial charge in [-0.1, -0.05) is 44.1 Å². The van der Waals surface area contributed by atoms with Crippen LogP contribution in [-0.2, 0) is 6.42 Å². The number of ether oxygens (including phenoxy) is 3. The van der Waals surface area contributed by atoms with Crippen LogP contribution in [0.25, 0.3) is 22.3 Å². The summed E-state index contributed by atoms with van der Waals surface area (Å²) in [7, 11) is 4.53. The molecule has 0 saturated heterocycles. The van der Waals surface area contributed by atoms with Gasteiger partial charge in [-0.05, 0) is 37.0 Å². The predicted molar refractivity (Wildman–Crippen MR) is 126 cm³/mol. The first-order valence-electron chi connectivity index (χ1n) is 10.8. The standard InChI is InChI=1S/C26H30O6/c1-5-6-7-8-9-10-12-17-13-11-14-18-23(27)24(28)26(32-25(17)18)19-15-21(30-3)22(31-4)16-20(19)29-2/h9-11,13-16,28H,5-8,12H2,1-4H3. The number of hydrogen-bond donors (Lipinski definition) is 1. The maximum absolute atomic E-state index is 13.0. The van der Waals surface area contributed by atoms with E-state index in [0.717, 1.165) is 18.4 Å². The Kier molecular flexibility index (Phi) is 7.82. The van der Waals surface area contributed by atoms with Crippen molar-refractivity contribution >= 4 is 11.0 Å². The van der Waals surface area contributed by atoms with E-state index in [1.807, 2.05) is 6.07 Å². The normalized spacial score (nSPS) is 11.2. The molecule has 1 N–H and O–H groups in total. The zero-order valence-electron chi connectivity index (χ0n) is 19.1. The number of aromatic hydroxyl groups is 1. The maximum Gasteiger partial charge on any atom is 0.235 e. The monoisotopic (exact) mass is 438 g/mol. The van der Waals surface area contributed by atoms with E-state index in [2.05, 4.69) is 19.1 Å². The van der Waals surface area contributed by atoms with Crippen LogP contribution in [0.15, 0.2) is 51.7 Å². The summed E-state index contributed by atoms with van der Waals surface area (Å²) in [6.45, 7) is 2.18. The molecule has 0 aliphatic heterocycles. The van der Waals surface area contributed by atoms with E-state index in [0.29, 0.717) is 40.2 Å². The van der Waals surface area contributed by atoms with E-state index in [-0.39, 0.29) is 5.76 Å². The van der Waals surface area contributed by atoms with E-state index >= 15 is 0 Å². The first-order valence-corrected chi connectivity index (χ1v) is 10.8. The molecule has 0 saturated carbocycles. The van der Waals surface area contributed by atoms with Gasteiger partial charge in [0.25, 0.3) is 0 Å². The lowest BCUT2D eigenvalue weighted by Gasteiger charge is -2.15. The van der Waals surface area contributed by atoms with Gasteiger partial charge >= 0.3 is 0 Å². The lowest BCUT2D eigenvalue weighted by molar-refractivity contribution is 0.349. The van der Waals surface area contributed by atoms with E-state index in [4.69, 9.17) is 18.6 Å². The molecular formula is C26H30O6. The fraction of sp³-hybridized carbons (Fsp3) is 0.346. The summed E-state index contributed by atoms with van der Waals surface area (Å²) < 4.78 is 22.3. The first kappa shape index (κ1) is 23.3. The summed E-state index contributed by atoms with van der Waals surface area (Å²) in [6.07, 6.45) is 9.46. The van der Waals surface area contributed by atoms with Crippen LogP contribution in [0.5, 0.6) is 23.0 Å². The van der Waals surface area contributed by atoms with Crippen LogP contribution in [0.4, 0.5) is 0 Å². The molecule has 1 heterocycles. The minimum atomic E-state index is -0.494. The van der Waals surface area contributed by atoms with Crippen LogP contribution >= 0.6 is 0 Å². The minimum Gasteiger partial charge on any atom is -0.502 e. The highest BCUT2D eigenvalue weighted by molar-refractivity contribution is 5.86. The average Bonchev–Trinajstić information content (AvgIpc) is 2.82. The number of methoxy groups -OCH3 is 3. The van der Waals surface area contributed by atoms with E-state index in [1.54, 1.807) is 24.3 Å². The van der Waals surface area contributed by atoms with Crippen molar-refractivity contribution in [1.82, 2.24) is 0 Å². The van der Waals surface area contributed by atoms with Crippen molar-refractivity contribution < 1.29 is 23.7 Å². The lowest BCUT2D eigenvalue weighted by atomic mass is 10.0. The summed E-state index contributed by atoms with van der Waals surface area (Å²) in [4.78, 5) is 13.0. The van der Waals surface area contributed by atoms with Crippen molar-refractivity contribution in [2.24, 2.45) is 0 Å². The zero-order valence-corrected chi connectivity index (χ0v) is 19.1. The molecule has 0 radical (unpaired) electrons. The summed E-state index contributed by atoms with van der Waals surface area (Å²) in [5.41, 5.74) is 1.21. The Balaban J connectivity index is 2.11. The first-order chi connectivity index (χ1) is 15.5. The molecule has 0 spiro atoms. The average molecular weight is 439 g/mol. The number of allylic oxidation sites excluding steroid dienone is 2. The maximum atomic E-state index is 13.0. The Labute approximate surface area is 188 Å². The van der Waals surface area contributed by atoms with Crippen LogP contribution < -0.4 is 19.6 Å². The molecular weight excluding hydrogens is 408 g/mol. The Morgan fingerprint density at radius 3 is 2.38 bits per heavy atom. The van der Waals surface area contributed by atoms with Crippen LogP contribution in [0.2, 0.25) is 0 Å². The Morgan fingerprint density at radius 2 is 1.69 bits per heavy atom. The molecule has 1 aromatic heterocycles. The third-order valence-corrected chi connectivity index (χ3v) is 5.40.